The molecule has 96 valence electrons. The first-order valence-electron chi connectivity index (χ1n) is 5.52. The maximum Gasteiger partial charge on any atom is 0.291 e. The zero-order valence-corrected chi connectivity index (χ0v) is 10.2. The third-order valence-electron chi connectivity index (χ3n) is 2.70. The molecular formula is C13H11N3O3. The van der Waals surface area contributed by atoms with E-state index in [0.29, 0.717) is 11.3 Å². The van der Waals surface area contributed by atoms with E-state index in [9.17, 15) is 14.9 Å². The van der Waals surface area contributed by atoms with Crippen LogP contribution in [0.2, 0.25) is 0 Å². The number of nitrogens with two attached hydrogens (primary N) is 1. The van der Waals surface area contributed by atoms with Gasteiger partial charge in [0.2, 0.25) is 0 Å². The quantitative estimate of drug-likeness (QED) is 0.671. The molecule has 19 heavy (non-hydrogen) atoms. The van der Waals surface area contributed by atoms with Crippen LogP contribution < -0.4 is 5.73 Å². The molecule has 0 aliphatic rings. The molecule has 6 nitrogen and oxygen atoms in total. The van der Waals surface area contributed by atoms with Gasteiger partial charge in [0.05, 0.1) is 16.2 Å². The summed E-state index contributed by atoms with van der Waals surface area (Å²) < 4.78 is 0. The van der Waals surface area contributed by atoms with E-state index < -0.39 is 10.8 Å². The van der Waals surface area contributed by atoms with Gasteiger partial charge in [-0.1, -0.05) is 30.3 Å². The molecule has 0 saturated carbocycles. The van der Waals surface area contributed by atoms with Gasteiger partial charge in [-0.15, -0.1) is 0 Å². The molecule has 2 aromatic rings. The second-order valence-electron chi connectivity index (χ2n) is 3.98. The van der Waals surface area contributed by atoms with Crippen molar-refractivity contribution in [3.8, 4) is 11.3 Å². The number of hydrogen-bond acceptors (Lipinski definition) is 4. The lowest BCUT2D eigenvalue weighted by Crippen LogP contribution is -2.14. The van der Waals surface area contributed by atoms with Crippen LogP contribution in [0.5, 0.6) is 0 Å². The number of carbonyl (C=O) groups excluding carboxylic acids is 1. The van der Waals surface area contributed by atoms with Crippen molar-refractivity contribution in [1.82, 2.24) is 4.98 Å². The van der Waals surface area contributed by atoms with Gasteiger partial charge in [0.15, 0.2) is 0 Å². The van der Waals surface area contributed by atoms with Gasteiger partial charge in [-0.05, 0) is 6.92 Å². The number of hydrogen-bond donors (Lipinski definition) is 1. The lowest BCUT2D eigenvalue weighted by atomic mass is 10.0. The monoisotopic (exact) mass is 257 g/mol. The second-order valence-corrected chi connectivity index (χ2v) is 3.98. The van der Waals surface area contributed by atoms with Crippen LogP contribution in [0.3, 0.4) is 0 Å². The normalized spacial score (nSPS) is 10.2. The molecule has 0 aliphatic heterocycles. The van der Waals surface area contributed by atoms with Crippen molar-refractivity contribution < 1.29 is 9.72 Å². The standard InChI is InChI=1S/C13H11N3O3/c1-8-11(16(18)19)7-10(13(14)17)12(15-8)9-5-3-2-4-6-9/h2-7H,1H3,(H2,14,17). The van der Waals surface area contributed by atoms with Gasteiger partial charge in [0.1, 0.15) is 5.69 Å². The van der Waals surface area contributed by atoms with Crippen molar-refractivity contribution in [3.63, 3.8) is 0 Å². The Morgan fingerprint density at radius 1 is 1.32 bits per heavy atom. The number of pyridine rings is 1. The van der Waals surface area contributed by atoms with Crippen molar-refractivity contribution in [2.45, 2.75) is 6.92 Å². The molecular weight excluding hydrogens is 246 g/mol. The minimum absolute atomic E-state index is 0.0449. The van der Waals surface area contributed by atoms with Crippen LogP contribution >= 0.6 is 0 Å². The molecule has 0 saturated heterocycles. The minimum Gasteiger partial charge on any atom is -0.366 e. The van der Waals surface area contributed by atoms with Gasteiger partial charge in [-0.2, -0.15) is 0 Å². The van der Waals surface area contributed by atoms with E-state index in [1.54, 1.807) is 24.3 Å². The predicted molar refractivity (Wildman–Crippen MR) is 69.6 cm³/mol. The Morgan fingerprint density at radius 2 is 1.95 bits per heavy atom. The van der Waals surface area contributed by atoms with Crippen LogP contribution in [-0.2, 0) is 0 Å². The summed E-state index contributed by atoms with van der Waals surface area (Å²) in [6, 6.07) is 10.1. The SMILES string of the molecule is Cc1nc(-c2ccccc2)c(C(N)=O)cc1[N+](=O)[O-]. The van der Waals surface area contributed by atoms with Gasteiger partial charge < -0.3 is 5.73 Å². The summed E-state index contributed by atoms with van der Waals surface area (Å²) in [5.74, 6) is -0.741. The first kappa shape index (κ1) is 12.7. The molecule has 0 aliphatic carbocycles. The Hall–Kier alpha value is -2.76. The fourth-order valence-electron chi connectivity index (χ4n) is 1.78. The molecule has 6 heteroatoms. The van der Waals surface area contributed by atoms with Crippen molar-refractivity contribution in [3.05, 3.63) is 57.8 Å². The smallest absolute Gasteiger partial charge is 0.291 e. The van der Waals surface area contributed by atoms with Crippen molar-refractivity contribution >= 4 is 11.6 Å². The molecule has 2 rings (SSSR count). The molecule has 0 radical (unpaired) electrons. The molecule has 0 atom stereocenters. The van der Waals surface area contributed by atoms with Crippen LogP contribution in [0.25, 0.3) is 11.3 Å². The highest BCUT2D eigenvalue weighted by Crippen LogP contribution is 2.27. The van der Waals surface area contributed by atoms with Crippen LogP contribution in [0.15, 0.2) is 36.4 Å². The van der Waals surface area contributed by atoms with E-state index in [4.69, 9.17) is 5.73 Å². The molecule has 1 amide bonds. The summed E-state index contributed by atoms with van der Waals surface area (Å²) in [6.07, 6.45) is 0. The Balaban J connectivity index is 2.71. The topological polar surface area (TPSA) is 99.1 Å². The third kappa shape index (κ3) is 2.42. The largest absolute Gasteiger partial charge is 0.366 e. The van der Waals surface area contributed by atoms with Crippen LogP contribution in [0.4, 0.5) is 5.69 Å². The number of nitrogens with zero attached hydrogens (tertiary/aromatic N) is 2. The van der Waals surface area contributed by atoms with Crippen LogP contribution in [0, 0.1) is 17.0 Å². The molecule has 1 aromatic heterocycles. The van der Waals surface area contributed by atoms with Crippen LogP contribution in [0.1, 0.15) is 16.1 Å². The Morgan fingerprint density at radius 3 is 2.47 bits per heavy atom. The van der Waals surface area contributed by atoms with Crippen molar-refractivity contribution in [2.75, 3.05) is 0 Å². The lowest BCUT2D eigenvalue weighted by molar-refractivity contribution is -0.385. The molecule has 0 spiro atoms. The highest BCUT2D eigenvalue weighted by atomic mass is 16.6. The number of rotatable bonds is 3. The summed E-state index contributed by atoms with van der Waals surface area (Å²) in [4.78, 5) is 25.9. The van der Waals surface area contributed by atoms with Crippen LogP contribution in [-0.4, -0.2) is 15.8 Å². The first-order chi connectivity index (χ1) is 9.00. The van der Waals surface area contributed by atoms with E-state index in [-0.39, 0.29) is 16.9 Å². The molecule has 2 N–H and O–H groups in total. The van der Waals surface area contributed by atoms with E-state index in [1.165, 1.54) is 13.0 Å². The highest BCUT2D eigenvalue weighted by Gasteiger charge is 2.20. The third-order valence-corrected chi connectivity index (χ3v) is 2.70. The average Bonchev–Trinajstić information content (AvgIpc) is 2.38. The highest BCUT2D eigenvalue weighted by molar-refractivity contribution is 5.99. The number of aryl methyl sites for hydroxylation is 1. The van der Waals surface area contributed by atoms with Gasteiger partial charge in [-0.25, -0.2) is 4.98 Å². The number of carbonyl (C=O) groups is 1. The van der Waals surface area contributed by atoms with E-state index in [1.807, 2.05) is 6.07 Å². The van der Waals surface area contributed by atoms with E-state index >= 15 is 0 Å². The summed E-state index contributed by atoms with van der Waals surface area (Å²) >= 11 is 0. The van der Waals surface area contributed by atoms with Crippen molar-refractivity contribution in [2.24, 2.45) is 5.73 Å². The number of amides is 1. The molecule has 0 fully saturated rings. The number of aromatic nitrogens is 1. The van der Waals surface area contributed by atoms with Gasteiger partial charge in [0.25, 0.3) is 11.6 Å². The number of primary amides is 1. The maximum absolute atomic E-state index is 11.4. The Labute approximate surface area is 109 Å². The average molecular weight is 257 g/mol. The first-order valence-corrected chi connectivity index (χ1v) is 5.52. The van der Waals surface area contributed by atoms with Crippen molar-refractivity contribution in [1.29, 1.82) is 0 Å². The Kier molecular flexibility index (Phi) is 3.24. The molecule has 1 heterocycles. The number of benzene rings is 1. The summed E-state index contributed by atoms with van der Waals surface area (Å²) in [6.45, 7) is 1.52. The fourth-order valence-corrected chi connectivity index (χ4v) is 1.78. The summed E-state index contributed by atoms with van der Waals surface area (Å²) in [5.41, 5.74) is 6.39. The summed E-state index contributed by atoms with van der Waals surface area (Å²) in [7, 11) is 0. The molecule has 1 aromatic carbocycles. The van der Waals surface area contributed by atoms with E-state index in [2.05, 4.69) is 4.98 Å². The van der Waals surface area contributed by atoms with Gasteiger partial charge in [-0.3, -0.25) is 14.9 Å². The van der Waals surface area contributed by atoms with Gasteiger partial charge in [0, 0.05) is 11.6 Å². The maximum atomic E-state index is 11.4. The zero-order chi connectivity index (χ0) is 14.0. The van der Waals surface area contributed by atoms with Gasteiger partial charge >= 0.3 is 0 Å². The van der Waals surface area contributed by atoms with E-state index in [0.717, 1.165) is 0 Å². The summed E-state index contributed by atoms with van der Waals surface area (Å²) in [5, 5.41) is 10.9. The number of nitro groups is 1. The Bertz CT molecular complexity index is 654. The predicted octanol–water partition coefficient (Wildman–Crippen LogP) is 2.06. The molecule has 0 bridgehead atoms. The minimum atomic E-state index is -0.741. The fraction of sp³-hybridized carbons (Fsp3) is 0.0769. The zero-order valence-electron chi connectivity index (χ0n) is 10.2. The lowest BCUT2D eigenvalue weighted by Gasteiger charge is -2.07. The second kappa shape index (κ2) is 4.85. The molecule has 0 unspecified atom stereocenters.